The lowest BCUT2D eigenvalue weighted by Crippen LogP contribution is -2.01. The van der Waals surface area contributed by atoms with Gasteiger partial charge < -0.3 is 13.3 Å². The topological polar surface area (TPSA) is 78.1 Å². The van der Waals surface area contributed by atoms with E-state index in [-0.39, 0.29) is 0 Å². The van der Waals surface area contributed by atoms with Crippen LogP contribution in [0.1, 0.15) is 0 Å². The first-order valence-electron chi connectivity index (χ1n) is 18.3. The number of hydrogen-bond acceptors (Lipinski definition) is 6. The first-order valence-corrected chi connectivity index (χ1v) is 18.3. The van der Waals surface area contributed by atoms with Crippen molar-refractivity contribution >= 4 is 76.6 Å². The standard InChI is InChI=1S/C49H27N3O3/c1-2-13-28(14-3-1)38-27-39-43-35(21-12-26-42(43)55-46(39)32-18-5-4-15-29(32)38)47-50-48(36-22-10-19-33-30-16-6-8-24-40(30)53-44(33)36)52-49(51-47)37-23-11-20-34-31-17-7-9-25-41(31)54-45(34)37/h1-27H. The van der Waals surface area contributed by atoms with Gasteiger partial charge in [-0.15, -0.1) is 0 Å². The molecule has 6 nitrogen and oxygen atoms in total. The average Bonchev–Trinajstić information content (AvgIpc) is 3.95. The molecule has 0 N–H and O–H groups in total. The molecular formula is C49H27N3O3. The van der Waals surface area contributed by atoms with Crippen molar-refractivity contribution in [1.82, 2.24) is 15.0 Å². The van der Waals surface area contributed by atoms with Crippen LogP contribution in [-0.2, 0) is 0 Å². The number of aromatic nitrogens is 3. The van der Waals surface area contributed by atoms with Crippen LogP contribution in [0.4, 0.5) is 0 Å². The molecule has 0 fully saturated rings. The van der Waals surface area contributed by atoms with Crippen molar-refractivity contribution < 1.29 is 13.3 Å². The molecule has 12 aromatic rings. The second-order valence-electron chi connectivity index (χ2n) is 13.9. The lowest BCUT2D eigenvalue weighted by Gasteiger charge is -2.10. The Labute approximate surface area is 312 Å². The summed E-state index contributed by atoms with van der Waals surface area (Å²) < 4.78 is 19.8. The molecule has 0 aliphatic heterocycles. The molecule has 8 aromatic carbocycles. The smallest absolute Gasteiger partial charge is 0.167 e. The van der Waals surface area contributed by atoms with Crippen molar-refractivity contribution in [3.05, 3.63) is 164 Å². The van der Waals surface area contributed by atoms with Crippen LogP contribution in [0.5, 0.6) is 0 Å². The summed E-state index contributed by atoms with van der Waals surface area (Å²) in [6.07, 6.45) is 0. The van der Waals surface area contributed by atoms with Crippen LogP contribution in [0.15, 0.2) is 177 Å². The zero-order chi connectivity index (χ0) is 36.0. The first-order chi connectivity index (χ1) is 27.3. The number of rotatable bonds is 4. The molecule has 256 valence electrons. The highest BCUT2D eigenvalue weighted by molar-refractivity contribution is 6.22. The SMILES string of the molecule is c1ccc(-c2cc3c(oc4cccc(-c5nc(-c6cccc7c6oc6ccccc67)nc(-c6cccc7c6oc6ccccc67)n5)c43)c3ccccc23)cc1. The third-order valence-electron chi connectivity index (χ3n) is 10.8. The van der Waals surface area contributed by atoms with E-state index in [0.717, 1.165) is 104 Å². The molecule has 0 atom stereocenters. The maximum atomic E-state index is 6.73. The molecule has 0 spiro atoms. The van der Waals surface area contributed by atoms with Crippen LogP contribution in [-0.4, -0.2) is 15.0 Å². The molecule has 0 bridgehead atoms. The molecule has 0 saturated heterocycles. The molecular weight excluding hydrogens is 679 g/mol. The highest BCUT2D eigenvalue weighted by Crippen LogP contribution is 2.44. The maximum Gasteiger partial charge on any atom is 0.167 e. The predicted octanol–water partition coefficient (Wildman–Crippen LogP) is 13.4. The van der Waals surface area contributed by atoms with E-state index in [9.17, 15) is 0 Å². The van der Waals surface area contributed by atoms with Gasteiger partial charge in [-0.2, -0.15) is 0 Å². The fourth-order valence-electron chi connectivity index (χ4n) is 8.28. The van der Waals surface area contributed by atoms with Crippen LogP contribution in [0.3, 0.4) is 0 Å². The fourth-order valence-corrected chi connectivity index (χ4v) is 8.28. The van der Waals surface area contributed by atoms with Crippen molar-refractivity contribution in [1.29, 1.82) is 0 Å². The van der Waals surface area contributed by atoms with Gasteiger partial charge in [0.05, 0.1) is 11.1 Å². The Morgan fingerprint density at radius 1 is 0.291 bits per heavy atom. The fraction of sp³-hybridized carbons (Fsp3) is 0. The van der Waals surface area contributed by atoms with Gasteiger partial charge in [-0.05, 0) is 52.9 Å². The van der Waals surface area contributed by atoms with Crippen LogP contribution < -0.4 is 0 Å². The van der Waals surface area contributed by atoms with Gasteiger partial charge in [0, 0.05) is 43.3 Å². The van der Waals surface area contributed by atoms with E-state index in [4.69, 9.17) is 28.2 Å². The van der Waals surface area contributed by atoms with Crippen molar-refractivity contribution in [3.8, 4) is 45.3 Å². The number of furan rings is 3. The van der Waals surface area contributed by atoms with Gasteiger partial charge in [-0.1, -0.05) is 127 Å². The van der Waals surface area contributed by atoms with Gasteiger partial charge in [0.2, 0.25) is 0 Å². The molecule has 0 unspecified atom stereocenters. The van der Waals surface area contributed by atoms with E-state index in [0.29, 0.717) is 17.5 Å². The first kappa shape index (κ1) is 29.9. The second kappa shape index (κ2) is 11.5. The van der Waals surface area contributed by atoms with Crippen LogP contribution in [0.25, 0.3) is 122 Å². The zero-order valence-corrected chi connectivity index (χ0v) is 29.2. The third-order valence-corrected chi connectivity index (χ3v) is 10.8. The molecule has 0 aliphatic carbocycles. The minimum absolute atomic E-state index is 0.498. The monoisotopic (exact) mass is 705 g/mol. The van der Waals surface area contributed by atoms with Crippen molar-refractivity contribution in [2.75, 3.05) is 0 Å². The third kappa shape index (κ3) is 4.46. The van der Waals surface area contributed by atoms with Gasteiger partial charge in [-0.25, -0.2) is 15.0 Å². The Morgan fingerprint density at radius 2 is 0.727 bits per heavy atom. The summed E-state index contributed by atoms with van der Waals surface area (Å²) in [5.74, 6) is 1.51. The van der Waals surface area contributed by atoms with Gasteiger partial charge >= 0.3 is 0 Å². The number of nitrogens with zero attached hydrogens (tertiary/aromatic N) is 3. The summed E-state index contributed by atoms with van der Waals surface area (Å²) in [6.45, 7) is 0. The van der Waals surface area contributed by atoms with Gasteiger partial charge in [0.25, 0.3) is 0 Å². The van der Waals surface area contributed by atoms with Crippen molar-refractivity contribution in [2.45, 2.75) is 0 Å². The van der Waals surface area contributed by atoms with Crippen LogP contribution in [0, 0.1) is 0 Å². The summed E-state index contributed by atoms with van der Waals surface area (Å²) in [5, 5.41) is 8.18. The summed E-state index contributed by atoms with van der Waals surface area (Å²) in [6, 6.07) is 55.7. The van der Waals surface area contributed by atoms with Crippen molar-refractivity contribution in [3.63, 3.8) is 0 Å². The zero-order valence-electron chi connectivity index (χ0n) is 29.2. The predicted molar refractivity (Wildman–Crippen MR) is 221 cm³/mol. The maximum absolute atomic E-state index is 6.73. The van der Waals surface area contributed by atoms with E-state index in [1.807, 2.05) is 78.9 Å². The number of para-hydroxylation sites is 4. The normalized spacial score (nSPS) is 12.0. The number of hydrogen-bond donors (Lipinski definition) is 0. The van der Waals surface area contributed by atoms with Crippen LogP contribution in [0.2, 0.25) is 0 Å². The van der Waals surface area contributed by atoms with Gasteiger partial charge in [0.1, 0.15) is 33.5 Å². The molecule has 0 saturated carbocycles. The molecule has 4 aromatic heterocycles. The van der Waals surface area contributed by atoms with Gasteiger partial charge in [0.15, 0.2) is 17.5 Å². The summed E-state index contributed by atoms with van der Waals surface area (Å²) in [7, 11) is 0. The molecule has 0 radical (unpaired) electrons. The Balaban J connectivity index is 1.18. The van der Waals surface area contributed by atoms with Crippen molar-refractivity contribution in [2.24, 2.45) is 0 Å². The Morgan fingerprint density at radius 3 is 1.36 bits per heavy atom. The minimum Gasteiger partial charge on any atom is -0.455 e. The van der Waals surface area contributed by atoms with E-state index in [1.54, 1.807) is 0 Å². The Kier molecular flexibility index (Phi) is 6.24. The van der Waals surface area contributed by atoms with E-state index in [1.165, 1.54) is 0 Å². The highest BCUT2D eigenvalue weighted by atomic mass is 16.3. The quantitative estimate of drug-likeness (QED) is 0.181. The van der Waals surface area contributed by atoms with Gasteiger partial charge in [-0.3, -0.25) is 0 Å². The second-order valence-corrected chi connectivity index (χ2v) is 13.9. The molecule has 12 rings (SSSR count). The summed E-state index contributed by atoms with van der Waals surface area (Å²) >= 11 is 0. The summed E-state index contributed by atoms with van der Waals surface area (Å²) in [4.78, 5) is 15.7. The summed E-state index contributed by atoms with van der Waals surface area (Å²) in [5.41, 5.74) is 9.29. The molecule has 0 amide bonds. The lowest BCUT2D eigenvalue weighted by molar-refractivity contribution is 0.669. The number of benzene rings is 8. The highest BCUT2D eigenvalue weighted by Gasteiger charge is 2.23. The van der Waals surface area contributed by atoms with E-state index in [2.05, 4.69) is 84.9 Å². The van der Waals surface area contributed by atoms with E-state index < -0.39 is 0 Å². The molecule has 4 heterocycles. The molecule has 6 heteroatoms. The van der Waals surface area contributed by atoms with E-state index >= 15 is 0 Å². The average molecular weight is 706 g/mol. The van der Waals surface area contributed by atoms with Crippen LogP contribution >= 0.6 is 0 Å². The lowest BCUT2D eigenvalue weighted by atomic mass is 9.94. The number of fused-ring (bicyclic) bond motifs is 11. The Hall–Kier alpha value is -7.57. The molecule has 55 heavy (non-hydrogen) atoms. The molecule has 0 aliphatic rings. The largest absolute Gasteiger partial charge is 0.455 e. The Bertz CT molecular complexity index is 3370. The minimum atomic E-state index is 0.498.